The van der Waals surface area contributed by atoms with E-state index >= 15 is 0 Å². The maximum atomic E-state index is 13.8. The highest BCUT2D eigenvalue weighted by Crippen LogP contribution is 2.22. The van der Waals surface area contributed by atoms with Gasteiger partial charge >= 0.3 is 0 Å². The maximum Gasteiger partial charge on any atom is 0.258 e. The number of ether oxygens (including phenoxy) is 1. The molecule has 2 N–H and O–H groups in total. The summed E-state index contributed by atoms with van der Waals surface area (Å²) in [5.41, 5.74) is 0.701. The molecule has 0 heterocycles. The summed E-state index contributed by atoms with van der Waals surface area (Å²) in [5, 5.41) is 5.81. The molecule has 0 radical (unpaired) electrons. The summed E-state index contributed by atoms with van der Waals surface area (Å²) in [6, 6.07) is 4.74. The van der Waals surface area contributed by atoms with E-state index in [4.69, 9.17) is 4.74 Å². The Balaban J connectivity index is 2.62. The van der Waals surface area contributed by atoms with Gasteiger partial charge in [-0.3, -0.25) is 4.79 Å². The summed E-state index contributed by atoms with van der Waals surface area (Å²) in [6.07, 6.45) is 1.57. The highest BCUT2D eigenvalue weighted by Gasteiger charge is 2.11. The molecule has 1 aromatic carbocycles. The lowest BCUT2D eigenvalue weighted by molar-refractivity contribution is -0.122. The molecular weight excluding hydrogens is 271 g/mol. The Labute approximate surface area is 125 Å². The fraction of sp³-hybridized carbons (Fsp3) is 0.438. The van der Waals surface area contributed by atoms with Crippen molar-refractivity contribution >= 4 is 5.91 Å². The molecule has 0 saturated heterocycles. The van der Waals surface area contributed by atoms with E-state index in [0.717, 1.165) is 6.54 Å². The van der Waals surface area contributed by atoms with Crippen LogP contribution in [0.5, 0.6) is 5.75 Å². The minimum absolute atomic E-state index is 0.127. The molecule has 4 nitrogen and oxygen atoms in total. The van der Waals surface area contributed by atoms with Gasteiger partial charge in [-0.15, -0.1) is 6.58 Å². The summed E-state index contributed by atoms with van der Waals surface area (Å²) >= 11 is 0. The molecule has 0 atom stereocenters. The van der Waals surface area contributed by atoms with Crippen molar-refractivity contribution in [3.63, 3.8) is 0 Å². The molecule has 0 aliphatic heterocycles. The smallest absolute Gasteiger partial charge is 0.258 e. The molecule has 5 heteroatoms. The van der Waals surface area contributed by atoms with Crippen molar-refractivity contribution in [3.8, 4) is 5.75 Å². The Bertz CT molecular complexity index is 475. The Kier molecular flexibility index (Phi) is 7.46. The van der Waals surface area contributed by atoms with E-state index in [1.165, 1.54) is 6.07 Å². The van der Waals surface area contributed by atoms with Gasteiger partial charge in [-0.1, -0.05) is 32.1 Å². The topological polar surface area (TPSA) is 50.4 Å². The summed E-state index contributed by atoms with van der Waals surface area (Å²) in [6.45, 7) is 9.17. The number of carbonyl (C=O) groups excluding carboxylic acids is 1. The average molecular weight is 294 g/mol. The van der Waals surface area contributed by atoms with E-state index in [1.54, 1.807) is 18.2 Å². The van der Waals surface area contributed by atoms with Crippen LogP contribution in [0.15, 0.2) is 30.9 Å². The second-order valence-electron chi connectivity index (χ2n) is 5.13. The molecule has 0 spiro atoms. The predicted molar refractivity (Wildman–Crippen MR) is 81.6 cm³/mol. The van der Waals surface area contributed by atoms with Crippen molar-refractivity contribution in [2.45, 2.75) is 20.4 Å². The zero-order chi connectivity index (χ0) is 15.7. The van der Waals surface area contributed by atoms with Crippen LogP contribution in [0.1, 0.15) is 19.4 Å². The molecule has 0 saturated carbocycles. The van der Waals surface area contributed by atoms with Crippen LogP contribution in [-0.2, 0) is 11.3 Å². The van der Waals surface area contributed by atoms with Crippen LogP contribution in [0.4, 0.5) is 4.39 Å². The van der Waals surface area contributed by atoms with Gasteiger partial charge in [0.15, 0.2) is 18.2 Å². The second kappa shape index (κ2) is 9.13. The highest BCUT2D eigenvalue weighted by atomic mass is 19.1. The van der Waals surface area contributed by atoms with Crippen molar-refractivity contribution in [1.29, 1.82) is 0 Å². The van der Waals surface area contributed by atoms with E-state index in [9.17, 15) is 9.18 Å². The number of hydrogen-bond donors (Lipinski definition) is 2. The first-order valence-electron chi connectivity index (χ1n) is 7.03. The number of hydrogen-bond acceptors (Lipinski definition) is 3. The SMILES string of the molecule is C=CCNC(=O)COc1c(F)cccc1CNCC(C)C. The Morgan fingerprint density at radius 1 is 1.48 bits per heavy atom. The van der Waals surface area contributed by atoms with Crippen molar-refractivity contribution in [3.05, 3.63) is 42.2 Å². The summed E-state index contributed by atoms with van der Waals surface area (Å²) in [7, 11) is 0. The van der Waals surface area contributed by atoms with Gasteiger partial charge in [0.05, 0.1) is 0 Å². The van der Waals surface area contributed by atoms with Crippen LogP contribution in [0.25, 0.3) is 0 Å². The number of para-hydroxylation sites is 1. The van der Waals surface area contributed by atoms with Crippen LogP contribution < -0.4 is 15.4 Å². The van der Waals surface area contributed by atoms with Gasteiger partial charge in [0.2, 0.25) is 0 Å². The van der Waals surface area contributed by atoms with Crippen molar-refractivity contribution < 1.29 is 13.9 Å². The van der Waals surface area contributed by atoms with Crippen LogP contribution in [-0.4, -0.2) is 25.6 Å². The first kappa shape index (κ1) is 17.2. The number of carbonyl (C=O) groups is 1. The van der Waals surface area contributed by atoms with E-state index in [2.05, 4.69) is 31.1 Å². The molecule has 0 unspecified atom stereocenters. The van der Waals surface area contributed by atoms with E-state index in [0.29, 0.717) is 24.6 Å². The van der Waals surface area contributed by atoms with Gasteiger partial charge < -0.3 is 15.4 Å². The summed E-state index contributed by atoms with van der Waals surface area (Å²) in [5.74, 6) is -0.135. The third-order valence-corrected chi connectivity index (χ3v) is 2.71. The fourth-order valence-electron chi connectivity index (χ4n) is 1.72. The molecule has 0 aromatic heterocycles. The minimum atomic E-state index is -0.463. The molecule has 1 rings (SSSR count). The Morgan fingerprint density at radius 3 is 2.90 bits per heavy atom. The van der Waals surface area contributed by atoms with E-state index < -0.39 is 5.82 Å². The molecule has 116 valence electrons. The van der Waals surface area contributed by atoms with Crippen LogP contribution >= 0.6 is 0 Å². The monoisotopic (exact) mass is 294 g/mol. The maximum absolute atomic E-state index is 13.8. The molecule has 0 aliphatic rings. The quantitative estimate of drug-likeness (QED) is 0.687. The van der Waals surface area contributed by atoms with Crippen LogP contribution in [0.3, 0.4) is 0 Å². The molecule has 0 fully saturated rings. The van der Waals surface area contributed by atoms with Gasteiger partial charge in [0.25, 0.3) is 5.91 Å². The highest BCUT2D eigenvalue weighted by molar-refractivity contribution is 5.77. The Hall–Kier alpha value is -1.88. The van der Waals surface area contributed by atoms with Gasteiger partial charge in [0.1, 0.15) is 0 Å². The number of rotatable bonds is 9. The van der Waals surface area contributed by atoms with Crippen LogP contribution in [0, 0.1) is 11.7 Å². The first-order chi connectivity index (χ1) is 10.0. The third kappa shape index (κ3) is 6.40. The summed E-state index contributed by atoms with van der Waals surface area (Å²) < 4.78 is 19.2. The molecule has 0 aliphatic carbocycles. The van der Waals surface area contributed by atoms with E-state index in [-0.39, 0.29) is 18.3 Å². The standard InChI is InChI=1S/C16H23FN2O2/c1-4-8-19-15(20)11-21-16-13(6-5-7-14(16)17)10-18-9-12(2)3/h4-7,12,18H,1,8-11H2,2-3H3,(H,19,20). The van der Waals surface area contributed by atoms with Gasteiger partial charge in [-0.05, 0) is 18.5 Å². The first-order valence-corrected chi connectivity index (χ1v) is 7.03. The summed E-state index contributed by atoms with van der Waals surface area (Å²) in [4.78, 5) is 11.5. The van der Waals surface area contributed by atoms with Crippen molar-refractivity contribution in [1.82, 2.24) is 10.6 Å². The number of amides is 1. The number of nitrogens with one attached hydrogen (secondary N) is 2. The normalized spacial score (nSPS) is 10.5. The number of benzene rings is 1. The molecule has 21 heavy (non-hydrogen) atoms. The Morgan fingerprint density at radius 2 is 2.24 bits per heavy atom. The molecule has 0 bridgehead atoms. The predicted octanol–water partition coefficient (Wildman–Crippen LogP) is 2.25. The van der Waals surface area contributed by atoms with E-state index in [1.807, 2.05) is 0 Å². The molecular formula is C16H23FN2O2. The second-order valence-corrected chi connectivity index (χ2v) is 5.13. The average Bonchev–Trinajstić information content (AvgIpc) is 2.44. The lowest BCUT2D eigenvalue weighted by Crippen LogP contribution is -2.29. The lowest BCUT2D eigenvalue weighted by Gasteiger charge is -2.13. The number of halogens is 1. The van der Waals surface area contributed by atoms with Crippen molar-refractivity contribution in [2.24, 2.45) is 5.92 Å². The lowest BCUT2D eigenvalue weighted by atomic mass is 10.1. The third-order valence-electron chi connectivity index (χ3n) is 2.71. The molecule has 1 aromatic rings. The largest absolute Gasteiger partial charge is 0.480 e. The van der Waals surface area contributed by atoms with Gasteiger partial charge in [-0.2, -0.15) is 0 Å². The fourth-order valence-corrected chi connectivity index (χ4v) is 1.72. The van der Waals surface area contributed by atoms with Crippen molar-refractivity contribution in [2.75, 3.05) is 19.7 Å². The minimum Gasteiger partial charge on any atom is -0.480 e. The van der Waals surface area contributed by atoms with Gasteiger partial charge in [-0.25, -0.2) is 4.39 Å². The zero-order valence-electron chi connectivity index (χ0n) is 12.6. The zero-order valence-corrected chi connectivity index (χ0v) is 12.6. The van der Waals surface area contributed by atoms with Crippen LogP contribution in [0.2, 0.25) is 0 Å². The molecule has 1 amide bonds. The van der Waals surface area contributed by atoms with Gasteiger partial charge in [0, 0.05) is 18.7 Å².